The Bertz CT molecular complexity index is 873. The van der Waals surface area contributed by atoms with Gasteiger partial charge in [-0.3, -0.25) is 4.79 Å². The highest BCUT2D eigenvalue weighted by Gasteiger charge is 2.11. The number of halogens is 1. The van der Waals surface area contributed by atoms with Gasteiger partial charge in [0.2, 0.25) is 17.6 Å². The minimum Gasteiger partial charge on any atom is -0.339 e. The maximum Gasteiger partial charge on any atom is 0.227 e. The van der Waals surface area contributed by atoms with Crippen LogP contribution in [0.15, 0.2) is 53.1 Å². The van der Waals surface area contributed by atoms with E-state index in [1.54, 1.807) is 0 Å². The molecule has 0 aliphatic carbocycles. The number of unbranched alkanes of at least 4 members (excludes halogenated alkanes) is 1. The van der Waals surface area contributed by atoms with E-state index in [2.05, 4.69) is 57.1 Å². The predicted molar refractivity (Wildman–Crippen MR) is 114 cm³/mol. The Morgan fingerprint density at radius 3 is 2.52 bits per heavy atom. The number of hydrogen-bond donors (Lipinski definition) is 1. The van der Waals surface area contributed by atoms with Gasteiger partial charge >= 0.3 is 0 Å². The summed E-state index contributed by atoms with van der Waals surface area (Å²) in [6, 6.07) is 15.9. The van der Waals surface area contributed by atoms with E-state index in [1.165, 1.54) is 18.4 Å². The Morgan fingerprint density at radius 2 is 1.81 bits per heavy atom. The van der Waals surface area contributed by atoms with Crippen LogP contribution in [0.5, 0.6) is 0 Å². The van der Waals surface area contributed by atoms with Crippen LogP contribution in [0.3, 0.4) is 0 Å². The van der Waals surface area contributed by atoms with E-state index in [4.69, 9.17) is 4.52 Å². The van der Waals surface area contributed by atoms with Crippen molar-refractivity contribution in [2.75, 3.05) is 5.32 Å². The number of nitrogens with one attached hydrogen (secondary N) is 1. The largest absolute Gasteiger partial charge is 0.339 e. The standard InChI is InChI=1S/C21H22IN3O2/c1-2-3-4-15-5-11-18(12-6-15)23-19(26)13-14-20-24-21(25-27-20)16-7-9-17(22)10-8-16/h5-12H,2-4,13-14H2,1H3,(H,23,26). The van der Waals surface area contributed by atoms with Crippen LogP contribution in [0.4, 0.5) is 5.69 Å². The van der Waals surface area contributed by atoms with Gasteiger partial charge in [0, 0.05) is 27.7 Å². The van der Waals surface area contributed by atoms with Crippen molar-refractivity contribution in [3.05, 3.63) is 63.6 Å². The van der Waals surface area contributed by atoms with Gasteiger partial charge < -0.3 is 9.84 Å². The van der Waals surface area contributed by atoms with Gasteiger partial charge in [-0.2, -0.15) is 4.98 Å². The third-order valence-electron chi connectivity index (χ3n) is 4.19. The molecule has 140 valence electrons. The first-order valence-corrected chi connectivity index (χ1v) is 10.2. The lowest BCUT2D eigenvalue weighted by molar-refractivity contribution is -0.116. The maximum atomic E-state index is 12.2. The van der Waals surface area contributed by atoms with E-state index in [1.807, 2.05) is 36.4 Å². The molecule has 0 unspecified atom stereocenters. The van der Waals surface area contributed by atoms with Crippen molar-refractivity contribution in [1.82, 2.24) is 10.1 Å². The quantitative estimate of drug-likeness (QED) is 0.452. The number of benzene rings is 2. The van der Waals surface area contributed by atoms with Gasteiger partial charge in [0.1, 0.15) is 0 Å². The van der Waals surface area contributed by atoms with Crippen LogP contribution in [0, 0.1) is 3.57 Å². The summed E-state index contributed by atoms with van der Waals surface area (Å²) in [4.78, 5) is 16.5. The van der Waals surface area contributed by atoms with E-state index < -0.39 is 0 Å². The molecular formula is C21H22IN3O2. The number of amides is 1. The van der Waals surface area contributed by atoms with E-state index >= 15 is 0 Å². The minimum absolute atomic E-state index is 0.0645. The fourth-order valence-electron chi connectivity index (χ4n) is 2.65. The number of nitrogens with zero attached hydrogens (tertiary/aromatic N) is 2. The molecule has 0 atom stereocenters. The third kappa shape index (κ3) is 5.89. The second-order valence-corrected chi connectivity index (χ2v) is 7.61. The SMILES string of the molecule is CCCCc1ccc(NC(=O)CCc2nc(-c3ccc(I)cc3)no2)cc1. The van der Waals surface area contributed by atoms with Crippen molar-refractivity contribution >= 4 is 34.2 Å². The van der Waals surface area contributed by atoms with E-state index in [0.717, 1.165) is 21.2 Å². The fourth-order valence-corrected chi connectivity index (χ4v) is 3.01. The van der Waals surface area contributed by atoms with E-state index in [9.17, 15) is 4.79 Å². The first-order valence-electron chi connectivity index (χ1n) is 9.11. The van der Waals surface area contributed by atoms with Crippen LogP contribution in [0.1, 0.15) is 37.6 Å². The topological polar surface area (TPSA) is 68.0 Å². The van der Waals surface area contributed by atoms with Crippen LogP contribution >= 0.6 is 22.6 Å². The normalized spacial score (nSPS) is 10.7. The molecule has 1 heterocycles. The molecule has 0 bridgehead atoms. The van der Waals surface area contributed by atoms with E-state index in [-0.39, 0.29) is 5.91 Å². The van der Waals surface area contributed by atoms with Crippen LogP contribution in [-0.2, 0) is 17.6 Å². The lowest BCUT2D eigenvalue weighted by atomic mass is 10.1. The molecule has 0 aliphatic heterocycles. The Hall–Kier alpha value is -2.22. The first kappa shape index (κ1) is 19.5. The van der Waals surface area contributed by atoms with Crippen molar-refractivity contribution in [3.63, 3.8) is 0 Å². The summed E-state index contributed by atoms with van der Waals surface area (Å²) in [7, 11) is 0. The Balaban J connectivity index is 1.50. The first-order chi connectivity index (χ1) is 13.1. The molecule has 1 aromatic heterocycles. The summed E-state index contributed by atoms with van der Waals surface area (Å²) in [6.45, 7) is 2.18. The summed E-state index contributed by atoms with van der Waals surface area (Å²) >= 11 is 2.25. The van der Waals surface area contributed by atoms with Gasteiger partial charge in [0.15, 0.2) is 0 Å². The van der Waals surface area contributed by atoms with Crippen molar-refractivity contribution < 1.29 is 9.32 Å². The number of anilines is 1. The highest BCUT2D eigenvalue weighted by atomic mass is 127. The van der Waals surface area contributed by atoms with Crippen LogP contribution in [-0.4, -0.2) is 16.0 Å². The molecule has 0 saturated carbocycles. The van der Waals surface area contributed by atoms with Crippen LogP contribution < -0.4 is 5.32 Å². The van der Waals surface area contributed by atoms with Crippen molar-refractivity contribution in [1.29, 1.82) is 0 Å². The average Bonchev–Trinajstić information content (AvgIpc) is 3.15. The van der Waals surface area contributed by atoms with Gasteiger partial charge in [-0.15, -0.1) is 0 Å². The second kappa shape index (κ2) is 9.64. The lowest BCUT2D eigenvalue weighted by Gasteiger charge is -2.06. The molecule has 5 nitrogen and oxygen atoms in total. The minimum atomic E-state index is -0.0645. The molecule has 0 fully saturated rings. The highest BCUT2D eigenvalue weighted by molar-refractivity contribution is 14.1. The smallest absolute Gasteiger partial charge is 0.227 e. The number of carbonyl (C=O) groups is 1. The zero-order valence-electron chi connectivity index (χ0n) is 15.2. The summed E-state index contributed by atoms with van der Waals surface area (Å²) in [5.74, 6) is 0.948. The molecule has 1 amide bonds. The van der Waals surface area contributed by atoms with Crippen molar-refractivity contribution in [2.45, 2.75) is 39.0 Å². The number of hydrogen-bond acceptors (Lipinski definition) is 4. The number of carbonyl (C=O) groups excluding carboxylic acids is 1. The van der Waals surface area contributed by atoms with Gasteiger partial charge in [-0.25, -0.2) is 0 Å². The van der Waals surface area contributed by atoms with Gasteiger partial charge in [-0.1, -0.05) is 42.8 Å². The summed E-state index contributed by atoms with van der Waals surface area (Å²) < 4.78 is 6.41. The monoisotopic (exact) mass is 475 g/mol. The van der Waals surface area contributed by atoms with Gasteiger partial charge in [-0.05, 0) is 65.3 Å². The van der Waals surface area contributed by atoms with Crippen LogP contribution in [0.25, 0.3) is 11.4 Å². The predicted octanol–water partition coefficient (Wildman–Crippen LogP) is 5.26. The molecule has 3 aromatic rings. The molecule has 1 N–H and O–H groups in total. The Kier molecular flexibility index (Phi) is 6.98. The molecule has 0 spiro atoms. The molecular weight excluding hydrogens is 453 g/mol. The fraction of sp³-hybridized carbons (Fsp3) is 0.286. The average molecular weight is 475 g/mol. The molecule has 27 heavy (non-hydrogen) atoms. The van der Waals surface area contributed by atoms with E-state index in [0.29, 0.717) is 24.6 Å². The van der Waals surface area contributed by atoms with Crippen molar-refractivity contribution in [2.24, 2.45) is 0 Å². The zero-order chi connectivity index (χ0) is 19.1. The van der Waals surface area contributed by atoms with Crippen molar-refractivity contribution in [3.8, 4) is 11.4 Å². The number of aryl methyl sites for hydroxylation is 2. The molecule has 2 aromatic carbocycles. The molecule has 0 radical (unpaired) electrons. The molecule has 0 saturated heterocycles. The Morgan fingerprint density at radius 1 is 1.07 bits per heavy atom. The Labute approximate surface area is 172 Å². The second-order valence-electron chi connectivity index (χ2n) is 6.37. The zero-order valence-corrected chi connectivity index (χ0v) is 17.4. The third-order valence-corrected chi connectivity index (χ3v) is 4.91. The maximum absolute atomic E-state index is 12.2. The highest BCUT2D eigenvalue weighted by Crippen LogP contribution is 2.18. The molecule has 6 heteroatoms. The molecule has 3 rings (SSSR count). The number of rotatable bonds is 8. The summed E-state index contributed by atoms with van der Waals surface area (Å²) in [5.41, 5.74) is 3.01. The summed E-state index contributed by atoms with van der Waals surface area (Å²) in [5, 5.41) is 6.90. The molecule has 0 aliphatic rings. The van der Waals surface area contributed by atoms with Gasteiger partial charge in [0.25, 0.3) is 0 Å². The number of aromatic nitrogens is 2. The van der Waals surface area contributed by atoms with Crippen LogP contribution in [0.2, 0.25) is 0 Å². The lowest BCUT2D eigenvalue weighted by Crippen LogP contribution is -2.12. The summed E-state index contributed by atoms with van der Waals surface area (Å²) in [6.07, 6.45) is 4.15. The van der Waals surface area contributed by atoms with Gasteiger partial charge in [0.05, 0.1) is 0 Å².